The van der Waals surface area contributed by atoms with Crippen LogP contribution in [0, 0.1) is 11.3 Å². The molecular weight excluding hydrogens is 661 g/mol. The van der Waals surface area contributed by atoms with Gasteiger partial charge in [-0.15, -0.1) is 0 Å². The molecule has 3 heterocycles. The second kappa shape index (κ2) is 13.8. The topological polar surface area (TPSA) is 20.3 Å². The first-order valence-corrected chi connectivity index (χ1v) is 16.2. The number of carbonyl (C=O) groups excluding carboxylic acids is 1. The van der Waals surface area contributed by atoms with Crippen LogP contribution in [-0.2, 0) is 12.4 Å². The molecule has 4 fully saturated rings. The van der Waals surface area contributed by atoms with Crippen LogP contribution in [0.15, 0.2) is 36.4 Å². The highest BCUT2D eigenvalue weighted by Gasteiger charge is 2.52. The summed E-state index contributed by atoms with van der Waals surface area (Å²) in [4.78, 5) is 14.6. The molecule has 0 aromatic heterocycles. The zero-order chi connectivity index (χ0) is 31.9. The minimum atomic E-state index is -5.04. The highest BCUT2D eigenvalue weighted by Crippen LogP contribution is 2.53. The second-order valence-electron chi connectivity index (χ2n) is 13.3. The minimum Gasteiger partial charge on any atom is -1.00 e. The molecule has 0 N–H and O–H groups in total. The summed E-state index contributed by atoms with van der Waals surface area (Å²) in [5.41, 5.74) is -2.39. The van der Waals surface area contributed by atoms with Gasteiger partial charge >= 0.3 is 12.4 Å². The van der Waals surface area contributed by atoms with Crippen molar-refractivity contribution in [2.75, 3.05) is 39.8 Å². The van der Waals surface area contributed by atoms with Gasteiger partial charge in [0.1, 0.15) is 0 Å². The van der Waals surface area contributed by atoms with Crippen molar-refractivity contribution in [3.05, 3.63) is 68.7 Å². The zero-order valence-corrected chi connectivity index (χ0v) is 27.5. The van der Waals surface area contributed by atoms with E-state index in [1.807, 2.05) is 6.07 Å². The number of quaternary nitrogens is 1. The number of carbonyl (C=O) groups is 1. The highest BCUT2D eigenvalue weighted by molar-refractivity contribution is 6.42. The maximum Gasteiger partial charge on any atom is 0.416 e. The van der Waals surface area contributed by atoms with Crippen molar-refractivity contribution in [3.8, 4) is 0 Å². The van der Waals surface area contributed by atoms with Gasteiger partial charge in [0.25, 0.3) is 5.91 Å². The summed E-state index contributed by atoms with van der Waals surface area (Å²) in [5.74, 6) is -0.325. The summed E-state index contributed by atoms with van der Waals surface area (Å²) in [6.07, 6.45) is 0.988. The van der Waals surface area contributed by atoms with Crippen molar-refractivity contribution >= 4 is 29.1 Å². The second-order valence-corrected chi connectivity index (χ2v) is 14.1. The van der Waals surface area contributed by atoms with E-state index in [-0.39, 0.29) is 30.9 Å². The summed E-state index contributed by atoms with van der Waals surface area (Å²) < 4.78 is 81.8. The molecule has 45 heavy (non-hydrogen) atoms. The average Bonchev–Trinajstić information content (AvgIpc) is 3.00. The Balaban J connectivity index is 0.00000461. The molecule has 4 aliphatic rings. The van der Waals surface area contributed by atoms with Crippen LogP contribution in [0.25, 0.3) is 0 Å². The van der Waals surface area contributed by atoms with Crippen LogP contribution in [-0.4, -0.2) is 55.1 Å². The lowest BCUT2D eigenvalue weighted by Gasteiger charge is -2.58. The molecule has 12 heteroatoms. The number of nitrogens with zero attached hydrogens (tertiary/aromatic N) is 2. The van der Waals surface area contributed by atoms with Crippen LogP contribution >= 0.6 is 23.2 Å². The number of halogens is 9. The van der Waals surface area contributed by atoms with Crippen LogP contribution in [0.4, 0.5) is 26.3 Å². The third-order valence-electron chi connectivity index (χ3n) is 10.8. The van der Waals surface area contributed by atoms with E-state index in [1.165, 1.54) is 63.3 Å². The van der Waals surface area contributed by atoms with Gasteiger partial charge < -0.3 is 21.8 Å². The van der Waals surface area contributed by atoms with Crippen molar-refractivity contribution in [2.45, 2.75) is 76.1 Å². The van der Waals surface area contributed by atoms with Crippen molar-refractivity contribution in [1.82, 2.24) is 4.90 Å². The SMILES string of the molecule is CN(C[C@@H](CC[N+]12CCC(C3CCCCC3)(CC1)CC2)c1ccc(Cl)c(Cl)c1)C(=O)c1cc(C(F)(F)F)cc(C(F)(F)F)c1.[Cl-]. The van der Waals surface area contributed by atoms with Crippen LogP contribution in [0.3, 0.4) is 0 Å². The van der Waals surface area contributed by atoms with Gasteiger partial charge in [-0.2, -0.15) is 26.3 Å². The largest absolute Gasteiger partial charge is 1.00 e. The molecule has 2 aromatic carbocycles. The van der Waals surface area contributed by atoms with Crippen molar-refractivity contribution in [2.24, 2.45) is 11.3 Å². The van der Waals surface area contributed by atoms with E-state index in [4.69, 9.17) is 23.2 Å². The Kier molecular flexibility index (Phi) is 11.1. The molecule has 250 valence electrons. The molecule has 3 aliphatic heterocycles. The maximum absolute atomic E-state index is 13.5. The van der Waals surface area contributed by atoms with Gasteiger partial charge in [0, 0.05) is 50.8 Å². The lowest BCUT2D eigenvalue weighted by atomic mass is 9.59. The number of hydrogen-bond acceptors (Lipinski definition) is 1. The number of likely N-dealkylation sites (N-methyl/N-ethyl adjacent to an activating group) is 1. The number of amides is 1. The van der Waals surface area contributed by atoms with Crippen LogP contribution in [0.5, 0.6) is 0 Å². The summed E-state index contributed by atoms with van der Waals surface area (Å²) in [7, 11) is 1.41. The first-order valence-electron chi connectivity index (χ1n) is 15.5. The van der Waals surface area contributed by atoms with Crippen molar-refractivity contribution < 1.29 is 48.0 Å². The van der Waals surface area contributed by atoms with Gasteiger partial charge in [-0.25, -0.2) is 0 Å². The molecule has 1 aliphatic carbocycles. The van der Waals surface area contributed by atoms with Gasteiger partial charge in [0.2, 0.25) is 0 Å². The predicted molar refractivity (Wildman–Crippen MR) is 160 cm³/mol. The molecule has 3 nitrogen and oxygen atoms in total. The predicted octanol–water partition coefficient (Wildman–Crippen LogP) is 6.86. The molecule has 1 atom stereocenters. The number of piperidine rings is 3. The summed E-state index contributed by atoms with van der Waals surface area (Å²) >= 11 is 12.5. The van der Waals surface area contributed by atoms with E-state index >= 15 is 0 Å². The minimum absolute atomic E-state index is 0. The number of fused-ring (bicyclic) bond motifs is 3. The van der Waals surface area contributed by atoms with Gasteiger partial charge in [-0.1, -0.05) is 48.5 Å². The normalized spacial score (nSPS) is 24.6. The summed E-state index contributed by atoms with van der Waals surface area (Å²) in [6, 6.07) is 6.23. The van der Waals surface area contributed by atoms with Crippen LogP contribution < -0.4 is 12.4 Å². The van der Waals surface area contributed by atoms with Crippen LogP contribution in [0.1, 0.15) is 90.8 Å². The number of rotatable bonds is 8. The third-order valence-corrected chi connectivity index (χ3v) is 11.5. The van der Waals surface area contributed by atoms with E-state index in [9.17, 15) is 31.1 Å². The molecule has 0 radical (unpaired) electrons. The van der Waals surface area contributed by atoms with E-state index in [2.05, 4.69) is 0 Å². The number of alkyl halides is 6. The lowest BCUT2D eigenvalue weighted by Crippen LogP contribution is -3.00. The monoisotopic (exact) mass is 698 g/mol. The van der Waals surface area contributed by atoms with E-state index in [1.54, 1.807) is 12.1 Å². The fraction of sp³-hybridized carbons (Fsp3) is 0.606. The molecule has 1 saturated carbocycles. The zero-order valence-electron chi connectivity index (χ0n) is 25.2. The van der Waals surface area contributed by atoms with Gasteiger partial charge in [-0.05, 0) is 60.1 Å². The molecule has 0 spiro atoms. The van der Waals surface area contributed by atoms with Crippen molar-refractivity contribution in [3.63, 3.8) is 0 Å². The Labute approximate surface area is 277 Å². The Morgan fingerprint density at radius 1 is 0.889 bits per heavy atom. The molecular formula is C33H39Cl3F6N2O. The molecule has 2 aromatic rings. The maximum atomic E-state index is 13.5. The fourth-order valence-corrected chi connectivity index (χ4v) is 8.33. The first kappa shape index (κ1) is 36.2. The Bertz CT molecular complexity index is 1300. The third kappa shape index (κ3) is 8.07. The molecule has 2 bridgehead atoms. The van der Waals surface area contributed by atoms with Crippen molar-refractivity contribution in [1.29, 1.82) is 0 Å². The first-order chi connectivity index (χ1) is 20.6. The standard InChI is InChI=1S/C33H39Cl2F6N2O.ClH/c1-42(30(44)24-17-26(32(36,37)38)20-27(18-24)33(39,40)41)21-23(22-7-8-28(34)29(35)19-22)9-13-43-14-10-31(11-15-43,12-16-43)25-5-3-2-4-6-25;/h7-8,17-20,23,25H,2-6,9-16,21H2,1H3;1H/q+1;/p-1/t23-,31?,43?;/m1./s1. The summed E-state index contributed by atoms with van der Waals surface area (Å²) in [6.45, 7) is 4.31. The molecule has 3 saturated heterocycles. The Morgan fingerprint density at radius 3 is 1.96 bits per heavy atom. The molecule has 1 amide bonds. The quantitative estimate of drug-likeness (QED) is 0.218. The average molecular weight is 700 g/mol. The summed E-state index contributed by atoms with van der Waals surface area (Å²) in [5, 5.41) is 0.714. The van der Waals surface area contributed by atoms with Gasteiger partial charge in [0.05, 0.1) is 47.4 Å². The lowest BCUT2D eigenvalue weighted by molar-refractivity contribution is -0.946. The Morgan fingerprint density at radius 2 is 1.44 bits per heavy atom. The van der Waals surface area contributed by atoms with Gasteiger partial charge in [-0.3, -0.25) is 4.79 Å². The molecule has 0 unspecified atom stereocenters. The number of hydrogen-bond donors (Lipinski definition) is 0. The van der Waals surface area contributed by atoms with Gasteiger partial charge in [0.15, 0.2) is 0 Å². The van der Waals surface area contributed by atoms with E-state index in [0.717, 1.165) is 42.1 Å². The van der Waals surface area contributed by atoms with E-state index in [0.29, 0.717) is 34.0 Å². The smallest absolute Gasteiger partial charge is 0.416 e. The van der Waals surface area contributed by atoms with E-state index < -0.39 is 35.0 Å². The number of benzene rings is 2. The fourth-order valence-electron chi connectivity index (χ4n) is 8.02. The molecule has 6 rings (SSSR count). The Hall–Kier alpha value is -1.68. The highest BCUT2D eigenvalue weighted by atomic mass is 35.5. The van der Waals surface area contributed by atoms with Crippen LogP contribution in [0.2, 0.25) is 10.0 Å².